The summed E-state index contributed by atoms with van der Waals surface area (Å²) in [5, 5.41) is 35.1. The molecule has 0 rings (SSSR count). The fourth-order valence-corrected chi connectivity index (χ4v) is 9.21. The van der Waals surface area contributed by atoms with Crippen molar-refractivity contribution in [2.75, 3.05) is 115 Å². The third kappa shape index (κ3) is 25.6. The fourth-order valence-electron chi connectivity index (χ4n) is 5.83. The monoisotopic (exact) mass is 775 g/mol. The van der Waals surface area contributed by atoms with Crippen molar-refractivity contribution in [1.82, 2.24) is 10.2 Å². The molecule has 0 radical (unpaired) electrons. The molecule has 51 heavy (non-hydrogen) atoms. The van der Waals surface area contributed by atoms with Crippen molar-refractivity contribution >= 4 is 17.6 Å². The molecule has 0 aromatic heterocycles. The summed E-state index contributed by atoms with van der Waals surface area (Å²) in [5.74, 6) is 0.523. The van der Waals surface area contributed by atoms with E-state index in [0.29, 0.717) is 63.9 Å². The third-order valence-corrected chi connectivity index (χ3v) is 14.8. The lowest BCUT2D eigenvalue weighted by Gasteiger charge is -2.28. The van der Waals surface area contributed by atoms with E-state index < -0.39 is 35.9 Å². The second-order valence-electron chi connectivity index (χ2n) is 13.2. The largest absolute Gasteiger partial charge is 0.500 e. The first-order valence-corrected chi connectivity index (χ1v) is 23.0. The number of aliphatic hydroxyl groups excluding tert-OH is 3. The van der Waals surface area contributed by atoms with Crippen LogP contribution in [0.5, 0.6) is 0 Å². The van der Waals surface area contributed by atoms with Crippen LogP contribution in [0.3, 0.4) is 0 Å². The predicted molar refractivity (Wildman–Crippen MR) is 204 cm³/mol. The Kier molecular flexibility index (Phi) is 33.1. The summed E-state index contributed by atoms with van der Waals surface area (Å²) in [4.78, 5) is 2.12. The summed E-state index contributed by atoms with van der Waals surface area (Å²) < 4.78 is 49.9. The minimum Gasteiger partial charge on any atom is -0.389 e. The Morgan fingerprint density at radius 3 is 1.55 bits per heavy atom. The minimum atomic E-state index is -2.64. The molecule has 4 unspecified atom stereocenters. The zero-order valence-corrected chi connectivity index (χ0v) is 35.5. The molecular weight excluding hydrogens is 697 g/mol. The van der Waals surface area contributed by atoms with Gasteiger partial charge in [0.1, 0.15) is 0 Å². The maximum absolute atomic E-state index is 10.8. The van der Waals surface area contributed by atoms with Crippen LogP contribution in [0, 0.1) is 5.92 Å². The van der Waals surface area contributed by atoms with Crippen LogP contribution >= 0.6 is 0 Å². The molecular formula is C35H78N2O12Si2. The average molecular weight is 775 g/mol. The van der Waals surface area contributed by atoms with Crippen molar-refractivity contribution in [3.8, 4) is 0 Å². The number of aliphatic hydroxyl groups is 3. The molecule has 0 aromatic carbocycles. The molecule has 14 nitrogen and oxygen atoms in total. The zero-order valence-electron chi connectivity index (χ0n) is 33.5. The Morgan fingerprint density at radius 2 is 1.06 bits per heavy atom. The quantitative estimate of drug-likeness (QED) is 0.0533. The van der Waals surface area contributed by atoms with Crippen molar-refractivity contribution < 1.29 is 56.1 Å². The molecule has 0 aromatic rings. The van der Waals surface area contributed by atoms with Crippen LogP contribution in [0.25, 0.3) is 0 Å². The molecule has 0 saturated carbocycles. The van der Waals surface area contributed by atoms with Crippen LogP contribution in [-0.2, 0) is 40.8 Å². The highest BCUT2D eigenvalue weighted by molar-refractivity contribution is 6.60. The molecule has 16 heteroatoms. The molecule has 0 saturated heterocycles. The number of nitrogens with one attached hydrogen (secondary N) is 1. The maximum Gasteiger partial charge on any atom is 0.500 e. The van der Waals surface area contributed by atoms with Gasteiger partial charge in [-0.05, 0) is 51.1 Å². The van der Waals surface area contributed by atoms with Crippen molar-refractivity contribution in [1.29, 1.82) is 0 Å². The third-order valence-electron chi connectivity index (χ3n) is 9.13. The van der Waals surface area contributed by atoms with Crippen molar-refractivity contribution in [2.45, 2.75) is 108 Å². The van der Waals surface area contributed by atoms with E-state index in [4.69, 9.17) is 40.8 Å². The maximum atomic E-state index is 10.8. The van der Waals surface area contributed by atoms with E-state index in [1.165, 1.54) is 12.8 Å². The molecule has 4 N–H and O–H groups in total. The number of nitrogens with zero attached hydrogens (tertiary/aromatic N) is 1. The Bertz CT molecular complexity index is 743. The van der Waals surface area contributed by atoms with Crippen LogP contribution in [0.1, 0.15) is 78.1 Å². The first-order valence-electron chi connectivity index (χ1n) is 19.1. The SMILES string of the molecule is CCCCC(CC)COCC(O)CN(CCCCCCNCC(O)COCCC[Si](OC)(OC)OC)CC(O)COCCC[Si](OC)(OC)OC. The molecule has 0 fully saturated rings. The highest BCUT2D eigenvalue weighted by Gasteiger charge is 2.37. The van der Waals surface area contributed by atoms with E-state index in [9.17, 15) is 15.3 Å². The van der Waals surface area contributed by atoms with Gasteiger partial charge < -0.3 is 61.4 Å². The number of hydrogen-bond acceptors (Lipinski definition) is 14. The normalized spacial score (nSPS) is 15.1. The van der Waals surface area contributed by atoms with Crippen LogP contribution < -0.4 is 5.32 Å². The highest BCUT2D eigenvalue weighted by atomic mass is 28.4. The predicted octanol–water partition coefficient (Wildman–Crippen LogP) is 3.32. The fraction of sp³-hybridized carbons (Fsp3) is 1.00. The smallest absolute Gasteiger partial charge is 0.389 e. The number of unbranched alkanes of at least 4 members (excludes halogenated alkanes) is 4. The summed E-state index contributed by atoms with van der Waals surface area (Å²) in [6.07, 6.45) is 8.17. The molecule has 0 heterocycles. The molecule has 308 valence electrons. The van der Waals surface area contributed by atoms with E-state index in [1.807, 2.05) is 0 Å². The van der Waals surface area contributed by atoms with Gasteiger partial charge >= 0.3 is 17.6 Å². The van der Waals surface area contributed by atoms with Gasteiger partial charge in [-0.25, -0.2) is 0 Å². The van der Waals surface area contributed by atoms with Gasteiger partial charge in [0.05, 0.1) is 38.1 Å². The molecule has 0 aliphatic heterocycles. The van der Waals surface area contributed by atoms with E-state index in [0.717, 1.165) is 58.0 Å². The van der Waals surface area contributed by atoms with Gasteiger partial charge in [0.25, 0.3) is 0 Å². The first-order chi connectivity index (χ1) is 24.6. The van der Waals surface area contributed by atoms with Gasteiger partial charge in [0, 0.05) is 94.2 Å². The lowest BCUT2D eigenvalue weighted by molar-refractivity contribution is -0.0165. The molecule has 0 spiro atoms. The standard InChI is InChI=1S/C35H78N2O12Si2/c1-9-11-18-32(10-2)28-49-31-35(40)27-37(26-34(39)30-48-22-17-24-51(44-6,45-7)46-8)20-15-13-12-14-19-36-25-33(38)29-47-21-16-23-50(41-3,42-4)43-5/h32-36,38-40H,9-31H2,1-8H3. The Balaban J connectivity index is 4.51. The molecule has 0 aliphatic carbocycles. The van der Waals surface area contributed by atoms with E-state index >= 15 is 0 Å². The van der Waals surface area contributed by atoms with E-state index in [1.54, 1.807) is 42.7 Å². The summed E-state index contributed by atoms with van der Waals surface area (Å²) in [6.45, 7) is 9.70. The van der Waals surface area contributed by atoms with Crippen LogP contribution in [-0.4, -0.2) is 171 Å². The first kappa shape index (κ1) is 50.9. The molecule has 0 aliphatic rings. The lowest BCUT2D eigenvalue weighted by Crippen LogP contribution is -2.43. The second kappa shape index (κ2) is 33.2. The van der Waals surface area contributed by atoms with Crippen molar-refractivity contribution in [3.63, 3.8) is 0 Å². The topological polar surface area (TPSA) is 159 Å². The molecule has 0 bridgehead atoms. The second-order valence-corrected chi connectivity index (χ2v) is 19.4. The summed E-state index contributed by atoms with van der Waals surface area (Å²) in [7, 11) is 4.35. The van der Waals surface area contributed by atoms with E-state index in [-0.39, 0.29) is 19.8 Å². The van der Waals surface area contributed by atoms with Crippen LogP contribution in [0.15, 0.2) is 0 Å². The van der Waals surface area contributed by atoms with Gasteiger partial charge in [-0.2, -0.15) is 0 Å². The Hall–Kier alpha value is -0.126. The Labute approximate surface area is 312 Å². The van der Waals surface area contributed by atoms with Gasteiger partial charge in [0.2, 0.25) is 0 Å². The van der Waals surface area contributed by atoms with Gasteiger partial charge in [-0.15, -0.1) is 0 Å². The lowest BCUT2D eigenvalue weighted by atomic mass is 10.0. The van der Waals surface area contributed by atoms with Gasteiger partial charge in [-0.1, -0.05) is 46.0 Å². The minimum absolute atomic E-state index is 0.209. The van der Waals surface area contributed by atoms with E-state index in [2.05, 4.69) is 24.1 Å². The van der Waals surface area contributed by atoms with Gasteiger partial charge in [0.15, 0.2) is 0 Å². The number of rotatable bonds is 39. The Morgan fingerprint density at radius 1 is 0.569 bits per heavy atom. The van der Waals surface area contributed by atoms with Crippen molar-refractivity contribution in [2.24, 2.45) is 5.92 Å². The van der Waals surface area contributed by atoms with Crippen molar-refractivity contribution in [3.05, 3.63) is 0 Å². The average Bonchev–Trinajstić information content (AvgIpc) is 3.14. The summed E-state index contributed by atoms with van der Waals surface area (Å²) in [5.41, 5.74) is 0. The summed E-state index contributed by atoms with van der Waals surface area (Å²) in [6, 6.07) is 1.29. The van der Waals surface area contributed by atoms with Crippen LogP contribution in [0.2, 0.25) is 12.1 Å². The molecule has 4 atom stereocenters. The number of ether oxygens (including phenoxy) is 3. The number of hydrogen-bond donors (Lipinski definition) is 4. The zero-order chi connectivity index (χ0) is 38.2. The molecule has 0 amide bonds. The highest BCUT2D eigenvalue weighted by Crippen LogP contribution is 2.16. The summed E-state index contributed by atoms with van der Waals surface area (Å²) >= 11 is 0. The van der Waals surface area contributed by atoms with Gasteiger partial charge in [-0.3, -0.25) is 4.90 Å². The van der Waals surface area contributed by atoms with Crippen LogP contribution in [0.4, 0.5) is 0 Å².